The molecule has 0 unspecified atom stereocenters. The maximum atomic E-state index is 13.5. The van der Waals surface area contributed by atoms with Gasteiger partial charge in [-0.3, -0.25) is 4.79 Å². The molecule has 0 bridgehead atoms. The van der Waals surface area contributed by atoms with E-state index in [1.165, 1.54) is 19.2 Å². The zero-order valence-corrected chi connectivity index (χ0v) is 18.4. The fourth-order valence-electron chi connectivity index (χ4n) is 3.70. The second-order valence-electron chi connectivity index (χ2n) is 7.50. The van der Waals surface area contributed by atoms with Crippen molar-refractivity contribution in [1.82, 2.24) is 20.9 Å². The van der Waals surface area contributed by atoms with Gasteiger partial charge in [0.1, 0.15) is 17.3 Å². The van der Waals surface area contributed by atoms with E-state index < -0.39 is 30.0 Å². The van der Waals surface area contributed by atoms with Gasteiger partial charge in [0, 0.05) is 30.1 Å². The summed E-state index contributed by atoms with van der Waals surface area (Å²) in [6.45, 7) is 0.130. The molecule has 11 heteroatoms. The lowest BCUT2D eigenvalue weighted by Gasteiger charge is -2.17. The molecule has 3 aromatic rings. The first-order valence-corrected chi connectivity index (χ1v) is 10.5. The van der Waals surface area contributed by atoms with Gasteiger partial charge in [-0.25, -0.2) is 14.0 Å². The normalized spacial score (nSPS) is 11.6. The van der Waals surface area contributed by atoms with Crippen molar-refractivity contribution in [1.29, 1.82) is 0 Å². The fourth-order valence-corrected chi connectivity index (χ4v) is 3.70. The van der Waals surface area contributed by atoms with Crippen LogP contribution < -0.4 is 20.7 Å². The van der Waals surface area contributed by atoms with Gasteiger partial charge in [0.2, 0.25) is 0 Å². The smallest absolute Gasteiger partial charge is 0.404 e. The van der Waals surface area contributed by atoms with Gasteiger partial charge >= 0.3 is 12.2 Å². The van der Waals surface area contributed by atoms with Crippen LogP contribution in [0.5, 0.6) is 5.75 Å². The Morgan fingerprint density at radius 1 is 1.06 bits per heavy atom. The Morgan fingerprint density at radius 2 is 1.79 bits per heavy atom. The number of aromatic nitrogens is 1. The van der Waals surface area contributed by atoms with Crippen molar-refractivity contribution in [3.8, 4) is 16.9 Å². The number of methoxy groups -OCH3 is 1. The number of carbonyl (C=O) groups excluding carboxylic acids is 1. The average molecular weight is 472 g/mol. The molecule has 0 fully saturated rings. The number of rotatable bonds is 10. The third kappa shape index (κ3) is 5.94. The third-order valence-corrected chi connectivity index (χ3v) is 5.22. The van der Waals surface area contributed by atoms with E-state index in [0.29, 0.717) is 40.6 Å². The molecular formula is C23H25FN4O6. The van der Waals surface area contributed by atoms with Gasteiger partial charge in [-0.15, -0.1) is 0 Å². The monoisotopic (exact) mass is 472 g/mol. The van der Waals surface area contributed by atoms with E-state index in [0.717, 1.165) is 0 Å². The highest BCUT2D eigenvalue weighted by Crippen LogP contribution is 2.36. The standard InChI is InChI=1S/C23H25FN4O6/c1-34-17-6-2-5-16-18(13-7-9-14(24)10-8-13)20(28-19(16)17)21(29)26-12-15(27-23(32)33)4-3-11-25-22(30)31/h2,5-10,15,25,27-28H,3-4,11-12H2,1H3,(H,26,29)(H,30,31)(H,32,33)/t15-/m0/s1. The minimum atomic E-state index is -1.26. The molecule has 0 aliphatic rings. The Morgan fingerprint density at radius 3 is 2.44 bits per heavy atom. The third-order valence-electron chi connectivity index (χ3n) is 5.22. The zero-order chi connectivity index (χ0) is 24.7. The van der Waals surface area contributed by atoms with Crippen molar-refractivity contribution in [2.24, 2.45) is 0 Å². The van der Waals surface area contributed by atoms with Crippen molar-refractivity contribution in [3.05, 3.63) is 54.0 Å². The summed E-state index contributed by atoms with van der Waals surface area (Å²) in [5, 5.41) is 25.7. The van der Waals surface area contributed by atoms with Crippen LogP contribution in [-0.2, 0) is 0 Å². The zero-order valence-electron chi connectivity index (χ0n) is 18.4. The molecule has 1 heterocycles. The SMILES string of the molecule is COc1cccc2c(-c3ccc(F)cc3)c(C(=O)NC[C@H](CCCNC(=O)O)NC(=O)O)[nH]c12. The summed E-state index contributed by atoms with van der Waals surface area (Å²) in [5.41, 5.74) is 1.98. The Bertz CT molecular complexity index is 1180. The lowest BCUT2D eigenvalue weighted by atomic mass is 10.0. The number of amides is 3. The van der Waals surface area contributed by atoms with Crippen molar-refractivity contribution >= 4 is 29.0 Å². The molecule has 180 valence electrons. The van der Waals surface area contributed by atoms with E-state index in [1.54, 1.807) is 24.3 Å². The Kier molecular flexibility index (Phi) is 7.91. The van der Waals surface area contributed by atoms with Gasteiger partial charge in [-0.05, 0) is 36.6 Å². The number of ether oxygens (including phenoxy) is 1. The molecule has 2 aromatic carbocycles. The topological polar surface area (TPSA) is 153 Å². The van der Waals surface area contributed by atoms with Crippen LogP contribution in [0.1, 0.15) is 23.3 Å². The van der Waals surface area contributed by atoms with Crippen LogP contribution in [0.15, 0.2) is 42.5 Å². The first-order chi connectivity index (χ1) is 16.3. The van der Waals surface area contributed by atoms with E-state index in [9.17, 15) is 18.8 Å². The lowest BCUT2D eigenvalue weighted by molar-refractivity contribution is 0.0944. The summed E-state index contributed by atoms with van der Waals surface area (Å²) in [6.07, 6.45) is -1.75. The van der Waals surface area contributed by atoms with Crippen LogP contribution in [-0.4, -0.2) is 59.5 Å². The molecule has 6 N–H and O–H groups in total. The first-order valence-electron chi connectivity index (χ1n) is 10.5. The van der Waals surface area contributed by atoms with Crippen LogP contribution >= 0.6 is 0 Å². The quantitative estimate of drug-likeness (QED) is 0.249. The molecular weight excluding hydrogens is 447 g/mol. The number of nitrogens with one attached hydrogen (secondary N) is 4. The summed E-state index contributed by atoms with van der Waals surface area (Å²) in [4.78, 5) is 38.0. The summed E-state index contributed by atoms with van der Waals surface area (Å²) < 4.78 is 18.9. The molecule has 34 heavy (non-hydrogen) atoms. The number of carboxylic acid groups (broad SMARTS) is 2. The highest BCUT2D eigenvalue weighted by Gasteiger charge is 2.22. The number of carbonyl (C=O) groups is 3. The minimum absolute atomic E-state index is 0.0203. The number of aromatic amines is 1. The molecule has 1 atom stereocenters. The number of para-hydroxylation sites is 1. The number of fused-ring (bicyclic) bond motifs is 1. The van der Waals surface area contributed by atoms with E-state index in [-0.39, 0.29) is 18.8 Å². The predicted molar refractivity (Wildman–Crippen MR) is 123 cm³/mol. The lowest BCUT2D eigenvalue weighted by Crippen LogP contribution is -2.43. The molecule has 0 aliphatic carbocycles. The summed E-state index contributed by atoms with van der Waals surface area (Å²) in [7, 11) is 1.51. The van der Waals surface area contributed by atoms with E-state index in [2.05, 4.69) is 20.9 Å². The summed E-state index contributed by atoms with van der Waals surface area (Å²) in [6, 6.07) is 10.4. The number of hydrogen-bond donors (Lipinski definition) is 6. The highest BCUT2D eigenvalue weighted by molar-refractivity contribution is 6.11. The Labute approximate surface area is 194 Å². The number of benzene rings is 2. The maximum absolute atomic E-state index is 13.5. The molecule has 3 amide bonds. The molecule has 0 radical (unpaired) electrons. The second kappa shape index (κ2) is 11.0. The summed E-state index contributed by atoms with van der Waals surface area (Å²) in [5.74, 6) is -0.373. The van der Waals surface area contributed by atoms with Crippen molar-refractivity contribution in [3.63, 3.8) is 0 Å². The van der Waals surface area contributed by atoms with Gasteiger partial charge in [0.15, 0.2) is 0 Å². The molecule has 10 nitrogen and oxygen atoms in total. The second-order valence-corrected chi connectivity index (χ2v) is 7.50. The number of halogens is 1. The molecule has 3 rings (SSSR count). The van der Waals surface area contributed by atoms with E-state index in [4.69, 9.17) is 14.9 Å². The van der Waals surface area contributed by atoms with Crippen molar-refractivity contribution in [2.45, 2.75) is 18.9 Å². The molecule has 0 saturated carbocycles. The van der Waals surface area contributed by atoms with Gasteiger partial charge in [-0.2, -0.15) is 0 Å². The Balaban J connectivity index is 1.85. The van der Waals surface area contributed by atoms with E-state index >= 15 is 0 Å². The van der Waals surface area contributed by atoms with Crippen molar-refractivity contribution < 1.29 is 33.7 Å². The largest absolute Gasteiger partial charge is 0.495 e. The Hall–Kier alpha value is -4.28. The molecule has 0 spiro atoms. The average Bonchev–Trinajstić information content (AvgIpc) is 3.19. The van der Waals surface area contributed by atoms with Gasteiger partial charge in [-0.1, -0.05) is 24.3 Å². The van der Waals surface area contributed by atoms with Gasteiger partial charge in [0.05, 0.1) is 12.6 Å². The number of H-pyrrole nitrogens is 1. The fraction of sp³-hybridized carbons (Fsp3) is 0.261. The highest BCUT2D eigenvalue weighted by atomic mass is 19.1. The van der Waals surface area contributed by atoms with Crippen LogP contribution in [0.2, 0.25) is 0 Å². The van der Waals surface area contributed by atoms with Crippen molar-refractivity contribution in [2.75, 3.05) is 20.2 Å². The van der Waals surface area contributed by atoms with Crippen LogP contribution in [0.4, 0.5) is 14.0 Å². The molecule has 1 aromatic heterocycles. The van der Waals surface area contributed by atoms with Crippen LogP contribution in [0.25, 0.3) is 22.0 Å². The summed E-state index contributed by atoms with van der Waals surface area (Å²) >= 11 is 0. The van der Waals surface area contributed by atoms with Gasteiger partial charge in [0.25, 0.3) is 5.91 Å². The molecule has 0 aliphatic heterocycles. The van der Waals surface area contributed by atoms with Gasteiger partial charge < -0.3 is 35.9 Å². The molecule has 0 saturated heterocycles. The van der Waals surface area contributed by atoms with E-state index in [1.807, 2.05) is 6.07 Å². The minimum Gasteiger partial charge on any atom is -0.495 e. The first kappa shape index (κ1) is 24.4. The number of hydrogen-bond acceptors (Lipinski definition) is 4. The maximum Gasteiger partial charge on any atom is 0.404 e. The predicted octanol–water partition coefficient (Wildman–Crippen LogP) is 3.40. The van der Waals surface area contributed by atoms with Crippen LogP contribution in [0.3, 0.4) is 0 Å². The van der Waals surface area contributed by atoms with Crippen LogP contribution in [0, 0.1) is 5.82 Å².